The maximum Gasteiger partial charge on any atom is 0.420 e. The summed E-state index contributed by atoms with van der Waals surface area (Å²) in [6, 6.07) is 25.0. The Hall–Kier alpha value is -3.59. The third-order valence-electron chi connectivity index (χ3n) is 4.64. The molecule has 0 aromatic heterocycles. The fourth-order valence-corrected chi connectivity index (χ4v) is 3.26. The molecule has 4 rings (SSSR count). The van der Waals surface area contributed by atoms with E-state index in [-0.39, 0.29) is 6.04 Å². The van der Waals surface area contributed by atoms with Crippen molar-refractivity contribution in [3.05, 3.63) is 108 Å². The van der Waals surface area contributed by atoms with Gasteiger partial charge >= 0.3 is 6.09 Å². The van der Waals surface area contributed by atoms with E-state index < -0.39 is 6.09 Å². The average molecular weight is 367 g/mol. The van der Waals surface area contributed by atoms with E-state index in [1.807, 2.05) is 85.8 Å². The van der Waals surface area contributed by atoms with Crippen molar-refractivity contribution in [1.82, 2.24) is 0 Å². The normalized spacial score (nSPS) is 15.5. The van der Waals surface area contributed by atoms with E-state index in [0.717, 1.165) is 22.4 Å². The summed E-state index contributed by atoms with van der Waals surface area (Å²) in [7, 11) is 0. The molecule has 0 saturated heterocycles. The van der Waals surface area contributed by atoms with Crippen molar-refractivity contribution in [2.45, 2.75) is 13.0 Å². The number of aryl methyl sites for hydroxylation is 1. The molecule has 3 heteroatoms. The molecule has 1 aliphatic rings. The van der Waals surface area contributed by atoms with E-state index in [0.29, 0.717) is 5.75 Å². The van der Waals surface area contributed by atoms with Crippen LogP contribution in [0.15, 0.2) is 91.0 Å². The monoisotopic (exact) mass is 367 g/mol. The molecular formula is C25H21NO2. The predicted octanol–water partition coefficient (Wildman–Crippen LogP) is 6.11. The standard InChI is InChI=1S/C25H21NO2/c1-19-12-17-24-21(18-19)14-16-22(15-13-20-8-4-2-5-9-20)26(24)25(27)28-23-10-6-3-7-11-23/h2-18,22H,1H3/b15-13+. The average Bonchev–Trinajstić information content (AvgIpc) is 2.73. The first-order chi connectivity index (χ1) is 13.7. The van der Waals surface area contributed by atoms with Gasteiger partial charge in [-0.1, -0.05) is 84.5 Å². The van der Waals surface area contributed by atoms with Crippen LogP contribution in [-0.4, -0.2) is 12.1 Å². The van der Waals surface area contributed by atoms with E-state index in [1.54, 1.807) is 17.0 Å². The van der Waals surface area contributed by atoms with Crippen molar-refractivity contribution >= 4 is 23.9 Å². The minimum Gasteiger partial charge on any atom is -0.410 e. The summed E-state index contributed by atoms with van der Waals surface area (Å²) in [5.41, 5.74) is 4.09. The van der Waals surface area contributed by atoms with Crippen LogP contribution >= 0.6 is 0 Å². The molecule has 0 N–H and O–H groups in total. The van der Waals surface area contributed by atoms with Crippen LogP contribution in [0.5, 0.6) is 5.75 Å². The summed E-state index contributed by atoms with van der Waals surface area (Å²) >= 11 is 0. The second-order valence-corrected chi connectivity index (χ2v) is 6.73. The Morgan fingerprint density at radius 2 is 1.68 bits per heavy atom. The van der Waals surface area contributed by atoms with Gasteiger partial charge in [-0.2, -0.15) is 0 Å². The fraction of sp³-hybridized carbons (Fsp3) is 0.0800. The summed E-state index contributed by atoms with van der Waals surface area (Å²) in [4.78, 5) is 14.8. The van der Waals surface area contributed by atoms with Gasteiger partial charge in [0, 0.05) is 0 Å². The molecule has 0 spiro atoms. The van der Waals surface area contributed by atoms with E-state index in [4.69, 9.17) is 4.74 Å². The van der Waals surface area contributed by atoms with Gasteiger partial charge in [0.2, 0.25) is 0 Å². The van der Waals surface area contributed by atoms with Gasteiger partial charge in [-0.05, 0) is 42.3 Å². The predicted molar refractivity (Wildman–Crippen MR) is 114 cm³/mol. The second-order valence-electron chi connectivity index (χ2n) is 6.73. The third-order valence-corrected chi connectivity index (χ3v) is 4.64. The van der Waals surface area contributed by atoms with E-state index in [9.17, 15) is 4.79 Å². The quantitative estimate of drug-likeness (QED) is 0.559. The van der Waals surface area contributed by atoms with Crippen LogP contribution in [0.3, 0.4) is 0 Å². The van der Waals surface area contributed by atoms with Crippen LogP contribution in [0.2, 0.25) is 0 Å². The molecular weight excluding hydrogens is 346 g/mol. The second kappa shape index (κ2) is 7.97. The highest BCUT2D eigenvalue weighted by atomic mass is 16.6. The lowest BCUT2D eigenvalue weighted by atomic mass is 10.0. The number of para-hydroxylation sites is 1. The molecule has 0 fully saturated rings. The molecule has 28 heavy (non-hydrogen) atoms. The summed E-state index contributed by atoms with van der Waals surface area (Å²) in [5.74, 6) is 0.529. The van der Waals surface area contributed by atoms with Crippen LogP contribution in [0.4, 0.5) is 10.5 Å². The first kappa shape index (κ1) is 17.8. The number of benzene rings is 3. The molecule has 0 bridgehead atoms. The lowest BCUT2D eigenvalue weighted by molar-refractivity contribution is 0.207. The van der Waals surface area contributed by atoms with E-state index in [1.165, 1.54) is 0 Å². The smallest absolute Gasteiger partial charge is 0.410 e. The number of fused-ring (bicyclic) bond motifs is 1. The maximum absolute atomic E-state index is 13.1. The van der Waals surface area contributed by atoms with Gasteiger partial charge < -0.3 is 4.74 Å². The largest absolute Gasteiger partial charge is 0.420 e. The molecule has 3 aromatic carbocycles. The number of anilines is 1. The molecule has 0 saturated carbocycles. The zero-order valence-electron chi connectivity index (χ0n) is 15.7. The van der Waals surface area contributed by atoms with Crippen LogP contribution in [0.1, 0.15) is 16.7 Å². The minimum absolute atomic E-state index is 0.230. The van der Waals surface area contributed by atoms with Crippen LogP contribution < -0.4 is 9.64 Å². The first-order valence-electron chi connectivity index (χ1n) is 9.29. The molecule has 1 unspecified atom stereocenters. The SMILES string of the molecule is Cc1ccc2c(c1)C=CC(/C=C/c1ccccc1)N2C(=O)Oc1ccccc1. The minimum atomic E-state index is -0.400. The Morgan fingerprint density at radius 3 is 2.43 bits per heavy atom. The van der Waals surface area contributed by atoms with Crippen molar-refractivity contribution in [2.24, 2.45) is 0 Å². The number of hydrogen-bond acceptors (Lipinski definition) is 2. The molecule has 1 amide bonds. The molecule has 1 aliphatic heterocycles. The first-order valence-corrected chi connectivity index (χ1v) is 9.29. The highest BCUT2D eigenvalue weighted by molar-refractivity contribution is 5.95. The Morgan fingerprint density at radius 1 is 0.964 bits per heavy atom. The van der Waals surface area contributed by atoms with Gasteiger partial charge in [-0.15, -0.1) is 0 Å². The molecule has 0 aliphatic carbocycles. The molecule has 0 radical (unpaired) electrons. The highest BCUT2D eigenvalue weighted by Crippen LogP contribution is 2.31. The van der Waals surface area contributed by atoms with Crippen LogP contribution in [-0.2, 0) is 0 Å². The Kier molecular flexibility index (Phi) is 5.07. The number of rotatable bonds is 3. The zero-order chi connectivity index (χ0) is 19.3. The van der Waals surface area contributed by atoms with Crippen LogP contribution in [0.25, 0.3) is 12.2 Å². The highest BCUT2D eigenvalue weighted by Gasteiger charge is 2.28. The van der Waals surface area contributed by atoms with Crippen molar-refractivity contribution < 1.29 is 9.53 Å². The number of carbonyl (C=O) groups excluding carboxylic acids is 1. The molecule has 3 nitrogen and oxygen atoms in total. The van der Waals surface area contributed by atoms with Crippen molar-refractivity contribution in [3.8, 4) is 5.75 Å². The van der Waals surface area contributed by atoms with Gasteiger partial charge in [-0.3, -0.25) is 4.90 Å². The molecule has 138 valence electrons. The number of carbonyl (C=O) groups is 1. The van der Waals surface area contributed by atoms with Gasteiger partial charge in [0.1, 0.15) is 5.75 Å². The van der Waals surface area contributed by atoms with Crippen molar-refractivity contribution in [1.29, 1.82) is 0 Å². The Labute approximate surface area is 165 Å². The zero-order valence-corrected chi connectivity index (χ0v) is 15.7. The van der Waals surface area contributed by atoms with Crippen LogP contribution in [0, 0.1) is 6.92 Å². The van der Waals surface area contributed by atoms with Crippen molar-refractivity contribution in [2.75, 3.05) is 4.90 Å². The number of nitrogens with zero attached hydrogens (tertiary/aromatic N) is 1. The maximum atomic E-state index is 13.1. The van der Waals surface area contributed by atoms with Gasteiger partial charge in [0.15, 0.2) is 0 Å². The topological polar surface area (TPSA) is 29.5 Å². The number of ether oxygens (including phenoxy) is 1. The van der Waals surface area contributed by atoms with E-state index >= 15 is 0 Å². The lowest BCUT2D eigenvalue weighted by Crippen LogP contribution is -2.42. The molecule has 1 atom stereocenters. The summed E-state index contributed by atoms with van der Waals surface area (Å²) in [6.07, 6.45) is 7.73. The summed E-state index contributed by atoms with van der Waals surface area (Å²) < 4.78 is 5.64. The van der Waals surface area contributed by atoms with Crippen molar-refractivity contribution in [3.63, 3.8) is 0 Å². The molecule has 3 aromatic rings. The number of hydrogen-bond donors (Lipinski definition) is 0. The van der Waals surface area contributed by atoms with Gasteiger partial charge in [0.25, 0.3) is 0 Å². The summed E-state index contributed by atoms with van der Waals surface area (Å²) in [5, 5.41) is 0. The van der Waals surface area contributed by atoms with Gasteiger partial charge in [0.05, 0.1) is 11.7 Å². The van der Waals surface area contributed by atoms with Gasteiger partial charge in [-0.25, -0.2) is 4.79 Å². The summed E-state index contributed by atoms with van der Waals surface area (Å²) in [6.45, 7) is 2.04. The fourth-order valence-electron chi connectivity index (χ4n) is 3.26. The Bertz CT molecular complexity index is 1020. The lowest BCUT2D eigenvalue weighted by Gasteiger charge is -2.31. The Balaban J connectivity index is 1.67. The third kappa shape index (κ3) is 3.89. The van der Waals surface area contributed by atoms with E-state index in [2.05, 4.69) is 12.1 Å². The number of amides is 1. The molecule has 1 heterocycles.